The first-order valence-electron chi connectivity index (χ1n) is 6.69. The number of rotatable bonds is 6. The first-order valence-corrected chi connectivity index (χ1v) is 7.51. The van der Waals surface area contributed by atoms with Crippen LogP contribution in [0.2, 0.25) is 0 Å². The van der Waals surface area contributed by atoms with E-state index in [1.54, 1.807) is 11.3 Å². The molecule has 4 nitrogen and oxygen atoms in total. The van der Waals surface area contributed by atoms with E-state index in [1.807, 2.05) is 0 Å². The van der Waals surface area contributed by atoms with Crippen LogP contribution in [0.3, 0.4) is 0 Å². The first-order chi connectivity index (χ1) is 8.69. The molecular weight excluding hydrogens is 246 g/mol. The molecule has 1 fully saturated rings. The van der Waals surface area contributed by atoms with Gasteiger partial charge in [0.05, 0.1) is 16.8 Å². The van der Waals surface area contributed by atoms with Gasteiger partial charge in [0.15, 0.2) is 0 Å². The molecule has 2 rings (SSSR count). The van der Waals surface area contributed by atoms with Gasteiger partial charge < -0.3 is 4.74 Å². The maximum absolute atomic E-state index is 5.64. The molecule has 1 aliphatic rings. The highest BCUT2D eigenvalue weighted by molar-refractivity contribution is 7.11. The monoisotopic (exact) mass is 269 g/mol. The van der Waals surface area contributed by atoms with Crippen molar-refractivity contribution in [2.45, 2.75) is 58.1 Å². The Hall–Kier alpha value is -0.490. The Bertz CT molecular complexity index is 355. The fourth-order valence-corrected chi connectivity index (χ4v) is 3.35. The molecule has 0 bridgehead atoms. The van der Waals surface area contributed by atoms with Crippen LogP contribution in [-0.2, 0) is 11.2 Å². The second-order valence-corrected chi connectivity index (χ2v) is 6.32. The standard InChI is InChI=1S/C13H23N3OS/c1-9-10(2)18-13(15-9)8-11(16-14)5-6-12-4-3-7-17-12/h11-12,16H,3-8,14H2,1-2H3. The van der Waals surface area contributed by atoms with Crippen LogP contribution >= 0.6 is 11.3 Å². The SMILES string of the molecule is Cc1nc(CC(CCC2CCCO2)NN)sc1C. The molecule has 0 spiro atoms. The normalized spacial score (nSPS) is 21.4. The quantitative estimate of drug-likeness (QED) is 0.613. The predicted molar refractivity (Wildman–Crippen MR) is 74.6 cm³/mol. The summed E-state index contributed by atoms with van der Waals surface area (Å²) in [6.07, 6.45) is 5.92. The Morgan fingerprint density at radius 2 is 2.39 bits per heavy atom. The van der Waals surface area contributed by atoms with E-state index in [1.165, 1.54) is 22.7 Å². The highest BCUT2D eigenvalue weighted by Gasteiger charge is 2.18. The van der Waals surface area contributed by atoms with Crippen LogP contribution in [-0.4, -0.2) is 23.7 Å². The Morgan fingerprint density at radius 3 is 2.94 bits per heavy atom. The van der Waals surface area contributed by atoms with Crippen LogP contribution in [0.1, 0.15) is 41.3 Å². The highest BCUT2D eigenvalue weighted by atomic mass is 32.1. The lowest BCUT2D eigenvalue weighted by atomic mass is 10.0. The minimum atomic E-state index is 0.305. The number of thiazole rings is 1. The smallest absolute Gasteiger partial charge is 0.0946 e. The van der Waals surface area contributed by atoms with Crippen LogP contribution in [0, 0.1) is 13.8 Å². The van der Waals surface area contributed by atoms with E-state index in [-0.39, 0.29) is 0 Å². The highest BCUT2D eigenvalue weighted by Crippen LogP contribution is 2.21. The van der Waals surface area contributed by atoms with E-state index >= 15 is 0 Å². The van der Waals surface area contributed by atoms with E-state index in [0.29, 0.717) is 12.1 Å². The van der Waals surface area contributed by atoms with Gasteiger partial charge in [-0.15, -0.1) is 11.3 Å². The van der Waals surface area contributed by atoms with E-state index in [9.17, 15) is 0 Å². The minimum Gasteiger partial charge on any atom is -0.378 e. The summed E-state index contributed by atoms with van der Waals surface area (Å²) >= 11 is 1.78. The van der Waals surface area contributed by atoms with Crippen molar-refractivity contribution in [1.29, 1.82) is 0 Å². The van der Waals surface area contributed by atoms with Crippen molar-refractivity contribution in [3.05, 3.63) is 15.6 Å². The van der Waals surface area contributed by atoms with Crippen LogP contribution < -0.4 is 11.3 Å². The number of nitrogens with zero attached hydrogens (tertiary/aromatic N) is 1. The Balaban J connectivity index is 1.80. The molecule has 0 radical (unpaired) electrons. The maximum atomic E-state index is 5.64. The largest absolute Gasteiger partial charge is 0.378 e. The predicted octanol–water partition coefficient (Wildman–Crippen LogP) is 2.09. The van der Waals surface area contributed by atoms with Crippen LogP contribution in [0.25, 0.3) is 0 Å². The number of hydrogen-bond donors (Lipinski definition) is 2. The average Bonchev–Trinajstić information content (AvgIpc) is 2.96. The van der Waals surface area contributed by atoms with Crippen molar-refractivity contribution in [2.24, 2.45) is 5.84 Å². The molecule has 0 amide bonds. The summed E-state index contributed by atoms with van der Waals surface area (Å²) in [4.78, 5) is 5.87. The number of hydrogen-bond acceptors (Lipinski definition) is 5. The second-order valence-electron chi connectivity index (χ2n) is 5.03. The van der Waals surface area contributed by atoms with Crippen molar-refractivity contribution in [3.63, 3.8) is 0 Å². The van der Waals surface area contributed by atoms with Crippen molar-refractivity contribution in [2.75, 3.05) is 6.61 Å². The Kier molecular flexibility index (Phi) is 5.12. The number of aromatic nitrogens is 1. The van der Waals surface area contributed by atoms with Crippen molar-refractivity contribution in [1.82, 2.24) is 10.4 Å². The molecule has 0 aliphatic carbocycles. The zero-order valence-corrected chi connectivity index (χ0v) is 12.1. The third-order valence-corrected chi connectivity index (χ3v) is 4.69. The number of aryl methyl sites for hydroxylation is 2. The first kappa shape index (κ1) is 13.9. The van der Waals surface area contributed by atoms with Crippen LogP contribution in [0.4, 0.5) is 0 Å². The summed E-state index contributed by atoms with van der Waals surface area (Å²) in [6.45, 7) is 5.11. The fourth-order valence-electron chi connectivity index (χ4n) is 2.34. The molecule has 3 N–H and O–H groups in total. The van der Waals surface area contributed by atoms with Gasteiger partial charge in [0.25, 0.3) is 0 Å². The van der Waals surface area contributed by atoms with Gasteiger partial charge in [-0.25, -0.2) is 4.98 Å². The zero-order valence-electron chi connectivity index (χ0n) is 11.2. The number of ether oxygens (including phenoxy) is 1. The van der Waals surface area contributed by atoms with Crippen molar-refractivity contribution in [3.8, 4) is 0 Å². The molecule has 0 saturated carbocycles. The van der Waals surface area contributed by atoms with Gasteiger partial charge >= 0.3 is 0 Å². The molecule has 2 heterocycles. The van der Waals surface area contributed by atoms with Gasteiger partial charge in [0.2, 0.25) is 0 Å². The van der Waals surface area contributed by atoms with E-state index < -0.39 is 0 Å². The number of nitrogens with one attached hydrogen (secondary N) is 1. The fraction of sp³-hybridized carbons (Fsp3) is 0.769. The van der Waals surface area contributed by atoms with Gasteiger partial charge in [-0.1, -0.05) is 0 Å². The lowest BCUT2D eigenvalue weighted by molar-refractivity contribution is 0.0996. The molecule has 102 valence electrons. The molecule has 1 aromatic rings. The van der Waals surface area contributed by atoms with Crippen molar-refractivity contribution < 1.29 is 4.74 Å². The van der Waals surface area contributed by atoms with Gasteiger partial charge in [-0.2, -0.15) is 0 Å². The summed E-state index contributed by atoms with van der Waals surface area (Å²) in [5, 5.41) is 1.18. The molecule has 0 aromatic carbocycles. The molecule has 2 unspecified atom stereocenters. The van der Waals surface area contributed by atoms with Gasteiger partial charge in [-0.05, 0) is 39.5 Å². The number of nitrogens with two attached hydrogens (primary N) is 1. The van der Waals surface area contributed by atoms with Gasteiger partial charge in [-0.3, -0.25) is 11.3 Å². The summed E-state index contributed by atoms with van der Waals surface area (Å²) < 4.78 is 5.64. The van der Waals surface area contributed by atoms with E-state index in [4.69, 9.17) is 10.6 Å². The van der Waals surface area contributed by atoms with E-state index in [0.717, 1.165) is 31.6 Å². The molecule has 18 heavy (non-hydrogen) atoms. The van der Waals surface area contributed by atoms with Gasteiger partial charge in [0, 0.05) is 23.9 Å². The minimum absolute atomic E-state index is 0.305. The summed E-state index contributed by atoms with van der Waals surface area (Å²) in [5.41, 5.74) is 4.06. The number of hydrazine groups is 1. The lowest BCUT2D eigenvalue weighted by Crippen LogP contribution is -2.37. The molecule has 2 atom stereocenters. The summed E-state index contributed by atoms with van der Waals surface area (Å²) in [7, 11) is 0. The Labute approximate surface area is 113 Å². The zero-order chi connectivity index (χ0) is 13.0. The third kappa shape index (κ3) is 3.75. The summed E-state index contributed by atoms with van der Waals surface area (Å²) in [5.74, 6) is 5.64. The van der Waals surface area contributed by atoms with Crippen molar-refractivity contribution >= 4 is 11.3 Å². The van der Waals surface area contributed by atoms with Gasteiger partial charge in [0.1, 0.15) is 0 Å². The Morgan fingerprint density at radius 1 is 1.56 bits per heavy atom. The molecule has 1 aliphatic heterocycles. The third-order valence-electron chi connectivity index (χ3n) is 3.59. The van der Waals surface area contributed by atoms with Crippen LogP contribution in [0.5, 0.6) is 0 Å². The molecular formula is C13H23N3OS. The lowest BCUT2D eigenvalue weighted by Gasteiger charge is -2.16. The molecule has 1 aromatic heterocycles. The summed E-state index contributed by atoms with van der Waals surface area (Å²) in [6, 6.07) is 0.305. The topological polar surface area (TPSA) is 60.2 Å². The average molecular weight is 269 g/mol. The maximum Gasteiger partial charge on any atom is 0.0946 e. The molecule has 5 heteroatoms. The second kappa shape index (κ2) is 6.61. The van der Waals surface area contributed by atoms with Crippen LogP contribution in [0.15, 0.2) is 0 Å². The van der Waals surface area contributed by atoms with E-state index in [2.05, 4.69) is 24.3 Å². The molecule has 1 saturated heterocycles.